The zero-order valence-electron chi connectivity index (χ0n) is 13.4. The molecule has 6 atom stereocenters. The van der Waals surface area contributed by atoms with Crippen LogP contribution in [0.15, 0.2) is 11.6 Å². The summed E-state index contributed by atoms with van der Waals surface area (Å²) in [5, 5.41) is 10.9. The van der Waals surface area contributed by atoms with E-state index in [2.05, 4.69) is 6.92 Å². The van der Waals surface area contributed by atoms with Crippen LogP contribution in [0.3, 0.4) is 0 Å². The molecule has 4 rings (SSSR count). The molecule has 22 heavy (non-hydrogen) atoms. The number of carbonyl (C=O) groups is 2. The fraction of sp³-hybridized carbons (Fsp3) is 0.789. The second-order valence-corrected chi connectivity index (χ2v) is 7.96. The van der Waals surface area contributed by atoms with Crippen molar-refractivity contribution >= 4 is 11.6 Å². The zero-order chi connectivity index (χ0) is 15.5. The van der Waals surface area contributed by atoms with E-state index in [0.29, 0.717) is 42.8 Å². The number of fused-ring (bicyclic) bond motifs is 5. The van der Waals surface area contributed by atoms with E-state index < -0.39 is 0 Å². The normalized spacial score (nSPS) is 47.5. The van der Waals surface area contributed by atoms with Gasteiger partial charge in [0, 0.05) is 18.3 Å². The molecule has 4 aliphatic rings. The number of aliphatic hydroxyl groups is 1. The molecule has 0 radical (unpaired) electrons. The van der Waals surface area contributed by atoms with Crippen LogP contribution < -0.4 is 0 Å². The van der Waals surface area contributed by atoms with Crippen molar-refractivity contribution in [3.05, 3.63) is 11.6 Å². The number of aliphatic hydroxyl groups excluding tert-OH is 1. The van der Waals surface area contributed by atoms with Crippen LogP contribution in [0, 0.1) is 29.1 Å². The zero-order valence-corrected chi connectivity index (χ0v) is 13.4. The van der Waals surface area contributed by atoms with Gasteiger partial charge < -0.3 is 5.11 Å². The molecule has 3 nitrogen and oxygen atoms in total. The summed E-state index contributed by atoms with van der Waals surface area (Å²) in [5.41, 5.74) is 1.04. The molecule has 4 aliphatic carbocycles. The molecule has 3 fully saturated rings. The molecule has 0 aromatic rings. The molecular formula is C19H26O3. The fourth-order valence-corrected chi connectivity index (χ4v) is 6.43. The molecule has 120 valence electrons. The Morgan fingerprint density at radius 3 is 2.77 bits per heavy atom. The predicted molar refractivity (Wildman–Crippen MR) is 83.1 cm³/mol. The lowest BCUT2D eigenvalue weighted by molar-refractivity contribution is -0.143. The van der Waals surface area contributed by atoms with E-state index in [1.807, 2.05) is 6.08 Å². The van der Waals surface area contributed by atoms with Gasteiger partial charge in [-0.15, -0.1) is 0 Å². The maximum Gasteiger partial charge on any atom is 0.155 e. The summed E-state index contributed by atoms with van der Waals surface area (Å²) < 4.78 is 0. The van der Waals surface area contributed by atoms with E-state index in [9.17, 15) is 14.7 Å². The van der Waals surface area contributed by atoms with Crippen LogP contribution in [-0.2, 0) is 9.59 Å². The van der Waals surface area contributed by atoms with Gasteiger partial charge in [0.1, 0.15) is 5.78 Å². The van der Waals surface area contributed by atoms with Crippen molar-refractivity contribution in [2.24, 2.45) is 29.1 Å². The van der Waals surface area contributed by atoms with Crippen LogP contribution in [-0.4, -0.2) is 22.8 Å². The summed E-state index contributed by atoms with van der Waals surface area (Å²) in [4.78, 5) is 24.2. The third-order valence-corrected chi connectivity index (χ3v) is 7.36. The molecule has 0 aromatic heterocycles. The molecule has 0 aromatic carbocycles. The van der Waals surface area contributed by atoms with Crippen molar-refractivity contribution in [3.8, 4) is 0 Å². The number of ketones is 2. The highest BCUT2D eigenvalue weighted by molar-refractivity contribution is 5.91. The predicted octanol–water partition coefficient (Wildman–Crippen LogP) is 3.06. The summed E-state index contributed by atoms with van der Waals surface area (Å²) in [5.74, 6) is 2.27. The highest BCUT2D eigenvalue weighted by atomic mass is 16.3. The Balaban J connectivity index is 1.70. The van der Waals surface area contributed by atoms with Crippen molar-refractivity contribution in [1.29, 1.82) is 0 Å². The highest BCUT2D eigenvalue weighted by Gasteiger charge is 2.60. The largest absolute Gasteiger partial charge is 0.393 e. The van der Waals surface area contributed by atoms with Gasteiger partial charge in [-0.1, -0.05) is 12.5 Å². The van der Waals surface area contributed by atoms with E-state index in [0.717, 1.165) is 32.1 Å². The first-order valence-electron chi connectivity index (χ1n) is 9.01. The number of Topliss-reactive ketones (excluding diaryl/α,β-unsaturated/α-hetero) is 1. The lowest BCUT2D eigenvalue weighted by atomic mass is 9.50. The van der Waals surface area contributed by atoms with Crippen molar-refractivity contribution in [2.45, 2.75) is 64.4 Å². The molecule has 3 saturated carbocycles. The second kappa shape index (κ2) is 5.02. The molecule has 0 amide bonds. The smallest absolute Gasteiger partial charge is 0.155 e. The molecular weight excluding hydrogens is 276 g/mol. The van der Waals surface area contributed by atoms with Gasteiger partial charge in [-0.05, 0) is 68.3 Å². The van der Waals surface area contributed by atoms with Crippen LogP contribution in [0.2, 0.25) is 0 Å². The number of hydrogen-bond acceptors (Lipinski definition) is 3. The Morgan fingerprint density at radius 2 is 2.00 bits per heavy atom. The lowest BCUT2D eigenvalue weighted by Crippen LogP contribution is -2.54. The minimum Gasteiger partial charge on any atom is -0.393 e. The monoisotopic (exact) mass is 302 g/mol. The number of allylic oxidation sites excluding steroid dienone is 1. The van der Waals surface area contributed by atoms with E-state index in [1.165, 1.54) is 5.57 Å². The summed E-state index contributed by atoms with van der Waals surface area (Å²) >= 11 is 0. The average Bonchev–Trinajstić information content (AvgIpc) is 2.84. The molecule has 1 N–H and O–H groups in total. The van der Waals surface area contributed by atoms with Crippen molar-refractivity contribution in [3.63, 3.8) is 0 Å². The van der Waals surface area contributed by atoms with Gasteiger partial charge in [0.15, 0.2) is 5.78 Å². The third kappa shape index (κ3) is 1.84. The SMILES string of the molecule is CC[C@]12C[C@H](O)[C@H]3[C@@H](CCC4=CC(=O)CC[C@@H]43)[C@@H]1CCC2=O. The van der Waals surface area contributed by atoms with E-state index >= 15 is 0 Å². The topological polar surface area (TPSA) is 54.4 Å². The summed E-state index contributed by atoms with van der Waals surface area (Å²) in [7, 11) is 0. The Morgan fingerprint density at radius 1 is 1.18 bits per heavy atom. The van der Waals surface area contributed by atoms with Crippen LogP contribution in [0.4, 0.5) is 0 Å². The maximum atomic E-state index is 12.5. The van der Waals surface area contributed by atoms with E-state index in [4.69, 9.17) is 0 Å². The standard InChI is InChI=1S/C19H26O3/c1-2-19-10-16(21)18-13-6-4-12(20)9-11(13)3-5-14(18)15(19)7-8-17(19)22/h9,13-16,18,21H,2-8,10H2,1H3/t13-,14-,15-,16-,18+,19-/m0/s1. The molecule has 3 heteroatoms. The first-order valence-corrected chi connectivity index (χ1v) is 9.01. The highest BCUT2D eigenvalue weighted by Crippen LogP contribution is 2.61. The molecule has 0 heterocycles. The van der Waals surface area contributed by atoms with Crippen LogP contribution in [0.25, 0.3) is 0 Å². The van der Waals surface area contributed by atoms with Crippen LogP contribution >= 0.6 is 0 Å². The number of carbonyl (C=O) groups excluding carboxylic acids is 2. The average molecular weight is 302 g/mol. The van der Waals surface area contributed by atoms with E-state index in [-0.39, 0.29) is 23.2 Å². The van der Waals surface area contributed by atoms with Crippen molar-refractivity contribution in [2.75, 3.05) is 0 Å². The first kappa shape index (κ1) is 14.6. The van der Waals surface area contributed by atoms with Crippen LogP contribution in [0.5, 0.6) is 0 Å². The Kier molecular flexibility index (Phi) is 3.34. The Labute approximate surface area is 132 Å². The Bertz CT molecular complexity index is 549. The van der Waals surface area contributed by atoms with Crippen molar-refractivity contribution in [1.82, 2.24) is 0 Å². The maximum absolute atomic E-state index is 12.5. The van der Waals surface area contributed by atoms with Gasteiger partial charge in [0.25, 0.3) is 0 Å². The second-order valence-electron chi connectivity index (χ2n) is 7.96. The molecule has 0 bridgehead atoms. The summed E-state index contributed by atoms with van der Waals surface area (Å²) in [6, 6.07) is 0. The molecule has 0 unspecified atom stereocenters. The fourth-order valence-electron chi connectivity index (χ4n) is 6.43. The quantitative estimate of drug-likeness (QED) is 0.810. The first-order chi connectivity index (χ1) is 10.6. The summed E-state index contributed by atoms with van der Waals surface area (Å²) in [6.07, 6.45) is 8.34. The van der Waals surface area contributed by atoms with E-state index in [1.54, 1.807) is 0 Å². The molecule has 0 aliphatic heterocycles. The van der Waals surface area contributed by atoms with Gasteiger partial charge in [0.2, 0.25) is 0 Å². The third-order valence-electron chi connectivity index (χ3n) is 7.36. The number of hydrogen-bond donors (Lipinski definition) is 1. The van der Waals surface area contributed by atoms with Crippen molar-refractivity contribution < 1.29 is 14.7 Å². The van der Waals surface area contributed by atoms with Gasteiger partial charge in [-0.2, -0.15) is 0 Å². The number of rotatable bonds is 1. The van der Waals surface area contributed by atoms with Gasteiger partial charge in [-0.25, -0.2) is 0 Å². The summed E-state index contributed by atoms with van der Waals surface area (Å²) in [6.45, 7) is 2.12. The van der Waals surface area contributed by atoms with Crippen LogP contribution in [0.1, 0.15) is 58.3 Å². The molecule has 0 saturated heterocycles. The van der Waals surface area contributed by atoms with Gasteiger partial charge in [0.05, 0.1) is 6.10 Å². The lowest BCUT2D eigenvalue weighted by Gasteiger charge is -2.54. The van der Waals surface area contributed by atoms with Gasteiger partial charge in [-0.3, -0.25) is 9.59 Å². The van der Waals surface area contributed by atoms with Gasteiger partial charge >= 0.3 is 0 Å². The minimum absolute atomic E-state index is 0.244. The molecule has 0 spiro atoms. The minimum atomic E-state index is -0.370. The Hall–Kier alpha value is -0.960.